The average Bonchev–Trinajstić information content (AvgIpc) is 2.88. The van der Waals surface area contributed by atoms with Crippen LogP contribution < -0.4 is 5.32 Å². The quantitative estimate of drug-likeness (QED) is 0.698. The number of piperazine rings is 1. The summed E-state index contributed by atoms with van der Waals surface area (Å²) in [5.74, 6) is 0.339. The Hall–Kier alpha value is -0.650. The van der Waals surface area contributed by atoms with E-state index in [0.717, 1.165) is 65.1 Å². The molecule has 2 rings (SSSR count). The molecule has 5 heteroatoms. The molecule has 2 saturated heterocycles. The third kappa shape index (κ3) is 3.43. The molecule has 0 spiro atoms. The van der Waals surface area contributed by atoms with E-state index in [0.29, 0.717) is 5.91 Å². The molecular weight excluding hydrogens is 230 g/mol. The lowest BCUT2D eigenvalue weighted by molar-refractivity contribution is -0.136. The average molecular weight is 255 g/mol. The van der Waals surface area contributed by atoms with E-state index in [-0.39, 0.29) is 6.04 Å². The maximum atomic E-state index is 12.5. The smallest absolute Gasteiger partial charge is 0.240 e. The third-order valence-electron chi connectivity index (χ3n) is 3.87. The van der Waals surface area contributed by atoms with Crippen molar-refractivity contribution in [1.82, 2.24) is 15.1 Å². The maximum absolute atomic E-state index is 12.5. The molecule has 0 saturated carbocycles. The Morgan fingerprint density at radius 3 is 2.83 bits per heavy atom. The number of methoxy groups -OCH3 is 1. The first-order valence-corrected chi connectivity index (χ1v) is 7.05. The van der Waals surface area contributed by atoms with Crippen LogP contribution in [0.15, 0.2) is 0 Å². The highest BCUT2D eigenvalue weighted by molar-refractivity contribution is 5.82. The topological polar surface area (TPSA) is 44.8 Å². The molecule has 0 aromatic heterocycles. The van der Waals surface area contributed by atoms with Gasteiger partial charge in [-0.05, 0) is 25.8 Å². The van der Waals surface area contributed by atoms with Gasteiger partial charge < -0.3 is 15.0 Å². The zero-order chi connectivity index (χ0) is 12.8. The number of hydrogen-bond acceptors (Lipinski definition) is 4. The molecule has 2 aliphatic heterocycles. The SMILES string of the molecule is COCCCN1CCCC1C(=O)N1CCNCC1. The zero-order valence-electron chi connectivity index (χ0n) is 11.4. The second-order valence-corrected chi connectivity index (χ2v) is 5.12. The Balaban J connectivity index is 1.83. The van der Waals surface area contributed by atoms with Crippen LogP contribution >= 0.6 is 0 Å². The molecule has 0 radical (unpaired) electrons. The number of carbonyl (C=O) groups is 1. The van der Waals surface area contributed by atoms with Crippen molar-refractivity contribution in [2.75, 3.05) is 53.0 Å². The predicted molar refractivity (Wildman–Crippen MR) is 70.5 cm³/mol. The molecule has 0 bridgehead atoms. The Morgan fingerprint density at radius 1 is 1.33 bits per heavy atom. The van der Waals surface area contributed by atoms with Gasteiger partial charge in [0.2, 0.25) is 5.91 Å². The summed E-state index contributed by atoms with van der Waals surface area (Å²) in [5, 5.41) is 3.29. The summed E-state index contributed by atoms with van der Waals surface area (Å²) in [6.45, 7) is 6.42. The lowest BCUT2D eigenvalue weighted by Crippen LogP contribution is -2.52. The van der Waals surface area contributed by atoms with Crippen LogP contribution in [-0.4, -0.2) is 74.7 Å². The number of rotatable bonds is 5. The molecule has 0 aliphatic carbocycles. The van der Waals surface area contributed by atoms with Gasteiger partial charge >= 0.3 is 0 Å². The summed E-state index contributed by atoms with van der Waals surface area (Å²) in [7, 11) is 1.73. The maximum Gasteiger partial charge on any atom is 0.240 e. The number of carbonyl (C=O) groups excluding carboxylic acids is 1. The van der Waals surface area contributed by atoms with Crippen molar-refractivity contribution in [3.8, 4) is 0 Å². The predicted octanol–water partition coefficient (Wildman–Crippen LogP) is -0.0809. The third-order valence-corrected chi connectivity index (χ3v) is 3.87. The van der Waals surface area contributed by atoms with E-state index in [2.05, 4.69) is 10.2 Å². The molecule has 5 nitrogen and oxygen atoms in total. The van der Waals surface area contributed by atoms with Gasteiger partial charge in [-0.25, -0.2) is 0 Å². The minimum atomic E-state index is 0.125. The minimum Gasteiger partial charge on any atom is -0.385 e. The molecule has 1 unspecified atom stereocenters. The van der Waals surface area contributed by atoms with E-state index in [4.69, 9.17) is 4.74 Å². The van der Waals surface area contributed by atoms with Gasteiger partial charge in [-0.15, -0.1) is 0 Å². The lowest BCUT2D eigenvalue weighted by atomic mass is 10.1. The molecule has 2 fully saturated rings. The van der Waals surface area contributed by atoms with Crippen molar-refractivity contribution in [3.05, 3.63) is 0 Å². The van der Waals surface area contributed by atoms with Gasteiger partial charge in [0.25, 0.3) is 0 Å². The Labute approximate surface area is 109 Å². The molecule has 1 amide bonds. The van der Waals surface area contributed by atoms with E-state index in [1.165, 1.54) is 0 Å². The summed E-state index contributed by atoms with van der Waals surface area (Å²) >= 11 is 0. The molecule has 104 valence electrons. The van der Waals surface area contributed by atoms with Gasteiger partial charge in [-0.3, -0.25) is 9.69 Å². The number of amides is 1. The second kappa shape index (κ2) is 7.07. The number of nitrogens with zero attached hydrogens (tertiary/aromatic N) is 2. The zero-order valence-corrected chi connectivity index (χ0v) is 11.4. The molecule has 0 aromatic rings. The first-order chi connectivity index (χ1) is 8.83. The Morgan fingerprint density at radius 2 is 2.11 bits per heavy atom. The highest BCUT2D eigenvalue weighted by atomic mass is 16.5. The standard InChI is InChI=1S/C13H25N3O2/c1-18-11-3-8-15-7-2-4-12(15)13(17)16-9-5-14-6-10-16/h12,14H,2-11H2,1H3. The van der Waals surface area contributed by atoms with Gasteiger partial charge in [0.15, 0.2) is 0 Å². The molecule has 1 N–H and O–H groups in total. The molecule has 2 aliphatic rings. The van der Waals surface area contributed by atoms with Gasteiger partial charge in [-0.1, -0.05) is 0 Å². The van der Waals surface area contributed by atoms with Crippen LogP contribution in [0.5, 0.6) is 0 Å². The number of nitrogens with one attached hydrogen (secondary N) is 1. The first-order valence-electron chi connectivity index (χ1n) is 7.05. The van der Waals surface area contributed by atoms with E-state index in [9.17, 15) is 4.79 Å². The van der Waals surface area contributed by atoms with Gasteiger partial charge in [0, 0.05) is 46.4 Å². The second-order valence-electron chi connectivity index (χ2n) is 5.12. The van der Waals surface area contributed by atoms with Crippen LogP contribution in [0.4, 0.5) is 0 Å². The van der Waals surface area contributed by atoms with Crippen molar-refractivity contribution in [3.63, 3.8) is 0 Å². The van der Waals surface area contributed by atoms with Gasteiger partial charge in [-0.2, -0.15) is 0 Å². The monoisotopic (exact) mass is 255 g/mol. The van der Waals surface area contributed by atoms with Gasteiger partial charge in [0.05, 0.1) is 6.04 Å². The van der Waals surface area contributed by atoms with E-state index >= 15 is 0 Å². The summed E-state index contributed by atoms with van der Waals surface area (Å²) < 4.78 is 5.08. The van der Waals surface area contributed by atoms with Crippen molar-refractivity contribution in [2.24, 2.45) is 0 Å². The molecule has 2 heterocycles. The number of ether oxygens (including phenoxy) is 1. The van der Waals surface area contributed by atoms with Crippen molar-refractivity contribution in [2.45, 2.75) is 25.3 Å². The fourth-order valence-electron chi connectivity index (χ4n) is 2.88. The molecule has 18 heavy (non-hydrogen) atoms. The van der Waals surface area contributed by atoms with E-state index < -0.39 is 0 Å². The lowest BCUT2D eigenvalue weighted by Gasteiger charge is -2.32. The Kier molecular flexibility index (Phi) is 5.41. The fourth-order valence-corrected chi connectivity index (χ4v) is 2.88. The number of likely N-dealkylation sites (tertiary alicyclic amines) is 1. The van der Waals surface area contributed by atoms with Crippen LogP contribution in [-0.2, 0) is 9.53 Å². The normalized spacial score (nSPS) is 25.6. The van der Waals surface area contributed by atoms with Crippen molar-refractivity contribution < 1.29 is 9.53 Å². The van der Waals surface area contributed by atoms with Crippen molar-refractivity contribution in [1.29, 1.82) is 0 Å². The van der Waals surface area contributed by atoms with Crippen LogP contribution in [0.3, 0.4) is 0 Å². The fraction of sp³-hybridized carbons (Fsp3) is 0.923. The van der Waals surface area contributed by atoms with Crippen LogP contribution in [0.2, 0.25) is 0 Å². The van der Waals surface area contributed by atoms with Crippen LogP contribution in [0.25, 0.3) is 0 Å². The molecular formula is C13H25N3O2. The summed E-state index contributed by atoms with van der Waals surface area (Å²) in [6.07, 6.45) is 3.19. The van der Waals surface area contributed by atoms with Crippen LogP contribution in [0, 0.1) is 0 Å². The number of hydrogen-bond donors (Lipinski definition) is 1. The minimum absolute atomic E-state index is 0.125. The summed E-state index contributed by atoms with van der Waals surface area (Å²) in [4.78, 5) is 16.8. The molecule has 1 atom stereocenters. The van der Waals surface area contributed by atoms with E-state index in [1.54, 1.807) is 7.11 Å². The van der Waals surface area contributed by atoms with Crippen molar-refractivity contribution >= 4 is 5.91 Å². The molecule has 0 aromatic carbocycles. The van der Waals surface area contributed by atoms with Gasteiger partial charge in [0.1, 0.15) is 0 Å². The largest absolute Gasteiger partial charge is 0.385 e. The Bertz CT molecular complexity index is 267. The summed E-state index contributed by atoms with van der Waals surface area (Å²) in [5.41, 5.74) is 0. The highest BCUT2D eigenvalue weighted by Gasteiger charge is 2.33. The van der Waals surface area contributed by atoms with E-state index in [1.807, 2.05) is 4.90 Å². The first kappa shape index (κ1) is 13.8. The summed E-state index contributed by atoms with van der Waals surface area (Å²) in [6, 6.07) is 0.125. The highest BCUT2D eigenvalue weighted by Crippen LogP contribution is 2.19. The van der Waals surface area contributed by atoms with Crippen LogP contribution in [0.1, 0.15) is 19.3 Å².